The zero-order chi connectivity index (χ0) is 17.4. The minimum Gasteiger partial charge on any atom is -0.497 e. The highest BCUT2D eigenvalue weighted by Crippen LogP contribution is 2.28. The second-order valence-electron chi connectivity index (χ2n) is 5.97. The molecule has 1 aromatic carbocycles. The fourth-order valence-electron chi connectivity index (χ4n) is 3.21. The van der Waals surface area contributed by atoms with Gasteiger partial charge < -0.3 is 19.0 Å². The molecule has 1 unspecified atom stereocenters. The molecule has 5 nitrogen and oxygen atoms in total. The maximum absolute atomic E-state index is 11.8. The number of benzene rings is 1. The molecule has 1 aliphatic rings. The van der Waals surface area contributed by atoms with E-state index in [9.17, 15) is 4.79 Å². The fraction of sp³-hybridized carbons (Fsp3) is 0.526. The molecule has 0 aliphatic carbocycles. The Balaban J connectivity index is 2.20. The van der Waals surface area contributed by atoms with Gasteiger partial charge in [-0.15, -0.1) is 6.58 Å². The Kier molecular flexibility index (Phi) is 7.28. The lowest BCUT2D eigenvalue weighted by molar-refractivity contribution is -0.115. The molecule has 1 atom stereocenters. The first-order valence-electron chi connectivity index (χ1n) is 8.32. The van der Waals surface area contributed by atoms with Crippen LogP contribution in [0.15, 0.2) is 30.9 Å². The summed E-state index contributed by atoms with van der Waals surface area (Å²) in [7, 11) is 3.28. The molecular weight excluding hydrogens is 306 g/mol. The first-order valence-corrected chi connectivity index (χ1v) is 8.32. The van der Waals surface area contributed by atoms with Crippen molar-refractivity contribution in [2.75, 3.05) is 34.0 Å². The molecule has 0 spiro atoms. The van der Waals surface area contributed by atoms with Crippen LogP contribution in [0.3, 0.4) is 0 Å². The van der Waals surface area contributed by atoms with Crippen LogP contribution in [0.4, 0.5) is 0 Å². The summed E-state index contributed by atoms with van der Waals surface area (Å²) < 4.78 is 16.2. The van der Waals surface area contributed by atoms with Crippen molar-refractivity contribution < 1.29 is 19.0 Å². The van der Waals surface area contributed by atoms with E-state index in [1.54, 1.807) is 14.2 Å². The Morgan fingerprint density at radius 3 is 2.67 bits per heavy atom. The van der Waals surface area contributed by atoms with Crippen LogP contribution in [-0.4, -0.2) is 51.2 Å². The molecule has 0 amide bonds. The van der Waals surface area contributed by atoms with Crippen LogP contribution in [-0.2, 0) is 16.1 Å². The lowest BCUT2D eigenvalue weighted by atomic mass is 9.91. The van der Waals surface area contributed by atoms with Gasteiger partial charge in [-0.2, -0.15) is 0 Å². The van der Waals surface area contributed by atoms with Gasteiger partial charge in [0.25, 0.3) is 0 Å². The summed E-state index contributed by atoms with van der Waals surface area (Å²) in [6.07, 6.45) is 4.73. The Morgan fingerprint density at radius 2 is 2.08 bits per heavy atom. The number of hydrogen-bond acceptors (Lipinski definition) is 5. The van der Waals surface area contributed by atoms with E-state index in [0.29, 0.717) is 19.0 Å². The van der Waals surface area contributed by atoms with Gasteiger partial charge >= 0.3 is 0 Å². The standard InChI is InChI=1S/C19H27NO4/c1-4-9-20(18(14-21)15-7-10-24-11-8-15)13-16-5-6-17(22-2)12-19(16)23-3/h4-6,12,14-15,18H,1,7-11,13H2,2-3H3. The normalized spacial score (nSPS) is 16.6. The summed E-state index contributed by atoms with van der Waals surface area (Å²) in [6, 6.07) is 5.62. The molecule has 0 aromatic heterocycles. The third-order valence-corrected chi connectivity index (χ3v) is 4.54. The summed E-state index contributed by atoms with van der Waals surface area (Å²) in [5.41, 5.74) is 1.03. The lowest BCUT2D eigenvalue weighted by Crippen LogP contribution is -2.43. The van der Waals surface area contributed by atoms with Crippen LogP contribution in [0.1, 0.15) is 18.4 Å². The Hall–Kier alpha value is -1.85. The largest absolute Gasteiger partial charge is 0.497 e. The van der Waals surface area contributed by atoms with Gasteiger partial charge in [0.2, 0.25) is 0 Å². The number of hydrogen-bond donors (Lipinski definition) is 0. The maximum Gasteiger partial charge on any atom is 0.137 e. The summed E-state index contributed by atoms with van der Waals surface area (Å²) in [5.74, 6) is 1.84. The molecule has 132 valence electrons. The van der Waals surface area contributed by atoms with E-state index in [4.69, 9.17) is 14.2 Å². The smallest absolute Gasteiger partial charge is 0.137 e. The number of methoxy groups -OCH3 is 2. The third-order valence-electron chi connectivity index (χ3n) is 4.54. The average Bonchev–Trinajstić information content (AvgIpc) is 2.63. The number of nitrogens with zero attached hydrogens (tertiary/aromatic N) is 1. The number of carbonyl (C=O) groups is 1. The molecule has 2 rings (SSSR count). The second kappa shape index (κ2) is 9.45. The molecule has 0 bridgehead atoms. The molecule has 0 radical (unpaired) electrons. The van der Waals surface area contributed by atoms with Gasteiger partial charge in [-0.25, -0.2) is 0 Å². The summed E-state index contributed by atoms with van der Waals surface area (Å²) >= 11 is 0. The van der Waals surface area contributed by atoms with Gasteiger partial charge in [-0.1, -0.05) is 12.1 Å². The van der Waals surface area contributed by atoms with Crippen molar-refractivity contribution in [3.05, 3.63) is 36.4 Å². The van der Waals surface area contributed by atoms with Crippen LogP contribution < -0.4 is 9.47 Å². The van der Waals surface area contributed by atoms with Crippen LogP contribution in [0.25, 0.3) is 0 Å². The number of aldehydes is 1. The molecule has 24 heavy (non-hydrogen) atoms. The predicted octanol–water partition coefficient (Wildman–Crippen LogP) is 2.69. The van der Waals surface area contributed by atoms with Gasteiger partial charge in [0.05, 0.1) is 20.3 Å². The Bertz CT molecular complexity index is 540. The molecule has 0 N–H and O–H groups in total. The average molecular weight is 333 g/mol. The van der Waals surface area contributed by atoms with Crippen molar-refractivity contribution in [3.8, 4) is 11.5 Å². The third kappa shape index (κ3) is 4.58. The van der Waals surface area contributed by atoms with Crippen molar-refractivity contribution in [2.24, 2.45) is 5.92 Å². The zero-order valence-corrected chi connectivity index (χ0v) is 14.6. The van der Waals surface area contributed by atoms with E-state index in [1.165, 1.54) is 0 Å². The van der Waals surface area contributed by atoms with E-state index in [0.717, 1.165) is 49.4 Å². The molecule has 1 aromatic rings. The quantitative estimate of drug-likeness (QED) is 0.514. The summed E-state index contributed by atoms with van der Waals surface area (Å²) in [5, 5.41) is 0. The fourth-order valence-corrected chi connectivity index (χ4v) is 3.21. The zero-order valence-electron chi connectivity index (χ0n) is 14.6. The molecular formula is C19H27NO4. The van der Waals surface area contributed by atoms with E-state index in [-0.39, 0.29) is 6.04 Å². The van der Waals surface area contributed by atoms with Crippen molar-refractivity contribution in [2.45, 2.75) is 25.4 Å². The first-order chi connectivity index (χ1) is 11.7. The van der Waals surface area contributed by atoms with Crippen molar-refractivity contribution in [1.29, 1.82) is 0 Å². The summed E-state index contributed by atoms with van der Waals surface area (Å²) in [6.45, 7) is 6.56. The van der Waals surface area contributed by atoms with Gasteiger partial charge in [0.1, 0.15) is 17.8 Å². The van der Waals surface area contributed by atoms with Gasteiger partial charge in [-0.3, -0.25) is 4.90 Å². The van der Waals surface area contributed by atoms with Crippen molar-refractivity contribution >= 4 is 6.29 Å². The van der Waals surface area contributed by atoms with Crippen LogP contribution in [0.5, 0.6) is 11.5 Å². The molecule has 1 heterocycles. The molecule has 5 heteroatoms. The van der Waals surface area contributed by atoms with Gasteiger partial charge in [0.15, 0.2) is 0 Å². The highest BCUT2D eigenvalue weighted by atomic mass is 16.5. The second-order valence-corrected chi connectivity index (χ2v) is 5.97. The minimum absolute atomic E-state index is 0.140. The van der Waals surface area contributed by atoms with E-state index in [1.807, 2.05) is 24.3 Å². The van der Waals surface area contributed by atoms with Crippen LogP contribution in [0, 0.1) is 5.92 Å². The molecule has 1 aliphatic heterocycles. The summed E-state index contributed by atoms with van der Waals surface area (Å²) in [4.78, 5) is 14.0. The van der Waals surface area contributed by atoms with E-state index in [2.05, 4.69) is 11.5 Å². The minimum atomic E-state index is -0.140. The Labute approximate surface area is 144 Å². The van der Waals surface area contributed by atoms with Gasteiger partial charge in [0, 0.05) is 37.9 Å². The molecule has 0 saturated carbocycles. The number of rotatable bonds is 9. The monoisotopic (exact) mass is 333 g/mol. The highest BCUT2D eigenvalue weighted by molar-refractivity contribution is 5.58. The Morgan fingerprint density at radius 1 is 1.33 bits per heavy atom. The molecule has 1 fully saturated rings. The highest BCUT2D eigenvalue weighted by Gasteiger charge is 2.29. The van der Waals surface area contributed by atoms with Crippen LogP contribution in [0.2, 0.25) is 0 Å². The van der Waals surface area contributed by atoms with Crippen molar-refractivity contribution in [3.63, 3.8) is 0 Å². The topological polar surface area (TPSA) is 48.0 Å². The van der Waals surface area contributed by atoms with E-state index < -0.39 is 0 Å². The number of ether oxygens (including phenoxy) is 3. The maximum atomic E-state index is 11.8. The van der Waals surface area contributed by atoms with Gasteiger partial charge in [-0.05, 0) is 24.8 Å². The van der Waals surface area contributed by atoms with Crippen molar-refractivity contribution in [1.82, 2.24) is 4.90 Å². The first kappa shape index (κ1) is 18.5. The molecule has 1 saturated heterocycles. The van der Waals surface area contributed by atoms with Crippen LogP contribution >= 0.6 is 0 Å². The number of carbonyl (C=O) groups excluding carboxylic acids is 1. The predicted molar refractivity (Wildman–Crippen MR) is 93.5 cm³/mol. The SMILES string of the molecule is C=CCN(Cc1ccc(OC)cc1OC)C(C=O)C1CCOCC1. The lowest BCUT2D eigenvalue weighted by Gasteiger charge is -2.35. The van der Waals surface area contributed by atoms with E-state index >= 15 is 0 Å².